The second-order valence-electron chi connectivity index (χ2n) is 4.55. The molecule has 1 aromatic rings. The summed E-state index contributed by atoms with van der Waals surface area (Å²) in [5, 5.41) is 0. The Morgan fingerprint density at radius 3 is 2.47 bits per heavy atom. The van der Waals surface area contributed by atoms with E-state index < -0.39 is 6.36 Å². The molecule has 1 aliphatic rings. The predicted octanol–water partition coefficient (Wildman–Crippen LogP) is 4.57. The van der Waals surface area contributed by atoms with E-state index in [2.05, 4.69) is 20.7 Å². The molecule has 0 aliphatic heterocycles. The van der Waals surface area contributed by atoms with Crippen LogP contribution in [0.5, 0.6) is 5.75 Å². The molecule has 1 aliphatic carbocycles. The number of ether oxygens (including phenoxy) is 1. The molecule has 0 spiro atoms. The van der Waals surface area contributed by atoms with Gasteiger partial charge in [-0.25, -0.2) is 0 Å². The van der Waals surface area contributed by atoms with Gasteiger partial charge in [0.1, 0.15) is 5.75 Å². The molecule has 0 unspecified atom stereocenters. The molecular formula is C12H14BrClF3NO. The normalized spacial score (nSPS) is 16.7. The number of halogens is 5. The van der Waals surface area contributed by atoms with Gasteiger partial charge in [0, 0.05) is 10.5 Å². The van der Waals surface area contributed by atoms with E-state index in [4.69, 9.17) is 5.73 Å². The van der Waals surface area contributed by atoms with E-state index in [1.54, 1.807) is 6.07 Å². The first-order chi connectivity index (χ1) is 8.33. The van der Waals surface area contributed by atoms with Gasteiger partial charge < -0.3 is 10.5 Å². The Labute approximate surface area is 124 Å². The predicted molar refractivity (Wildman–Crippen MR) is 72.3 cm³/mol. The highest BCUT2D eigenvalue weighted by Crippen LogP contribution is 2.38. The Kier molecular flexibility index (Phi) is 5.53. The Hall–Kier alpha value is -0.460. The largest absolute Gasteiger partial charge is 0.573 e. The number of rotatable bonds is 4. The van der Waals surface area contributed by atoms with Crippen LogP contribution >= 0.6 is 28.3 Å². The van der Waals surface area contributed by atoms with Crippen LogP contribution in [-0.4, -0.2) is 6.36 Å². The highest BCUT2D eigenvalue weighted by molar-refractivity contribution is 9.10. The highest BCUT2D eigenvalue weighted by atomic mass is 79.9. The van der Waals surface area contributed by atoms with E-state index in [9.17, 15) is 13.2 Å². The molecule has 1 aromatic carbocycles. The van der Waals surface area contributed by atoms with Gasteiger partial charge in [-0.05, 0) is 36.1 Å². The topological polar surface area (TPSA) is 35.2 Å². The van der Waals surface area contributed by atoms with Gasteiger partial charge in [0.25, 0.3) is 0 Å². The van der Waals surface area contributed by atoms with Crippen LogP contribution in [0.3, 0.4) is 0 Å². The molecule has 0 bridgehead atoms. The molecule has 2 nitrogen and oxygen atoms in total. The maximum absolute atomic E-state index is 12.2. The van der Waals surface area contributed by atoms with Crippen molar-refractivity contribution in [3.8, 4) is 5.75 Å². The smallest absolute Gasteiger partial charge is 0.406 e. The number of benzene rings is 1. The molecule has 1 saturated carbocycles. The fourth-order valence-corrected chi connectivity index (χ4v) is 2.33. The van der Waals surface area contributed by atoms with Crippen molar-refractivity contribution in [2.75, 3.05) is 0 Å². The molecule has 2 rings (SSSR count). The Bertz CT molecular complexity index is 437. The van der Waals surface area contributed by atoms with Crippen LogP contribution in [0.25, 0.3) is 0 Å². The maximum Gasteiger partial charge on any atom is 0.573 e. The molecule has 0 radical (unpaired) electrons. The fourth-order valence-electron chi connectivity index (χ4n) is 1.84. The molecule has 0 aromatic heterocycles. The van der Waals surface area contributed by atoms with Crippen LogP contribution in [0.4, 0.5) is 13.2 Å². The van der Waals surface area contributed by atoms with E-state index in [-0.39, 0.29) is 24.2 Å². The van der Waals surface area contributed by atoms with E-state index in [0.29, 0.717) is 16.0 Å². The van der Waals surface area contributed by atoms with E-state index in [0.717, 1.165) is 19.3 Å². The first-order valence-electron chi connectivity index (χ1n) is 5.65. The summed E-state index contributed by atoms with van der Waals surface area (Å²) in [6, 6.07) is 4.12. The third kappa shape index (κ3) is 5.58. The summed E-state index contributed by atoms with van der Waals surface area (Å²) in [6.45, 7) is 0. The monoisotopic (exact) mass is 359 g/mol. The Morgan fingerprint density at radius 2 is 1.95 bits per heavy atom. The van der Waals surface area contributed by atoms with Crippen molar-refractivity contribution in [2.24, 2.45) is 11.7 Å². The second kappa shape index (κ2) is 6.33. The first kappa shape index (κ1) is 16.6. The van der Waals surface area contributed by atoms with Crippen molar-refractivity contribution < 1.29 is 17.9 Å². The van der Waals surface area contributed by atoms with Gasteiger partial charge in [0.05, 0.1) is 0 Å². The molecule has 0 amide bonds. The molecule has 1 atom stereocenters. The van der Waals surface area contributed by atoms with Crippen molar-refractivity contribution in [3.63, 3.8) is 0 Å². The van der Waals surface area contributed by atoms with Crippen LogP contribution < -0.4 is 10.5 Å². The van der Waals surface area contributed by atoms with Crippen LogP contribution in [-0.2, 0) is 0 Å². The minimum absolute atomic E-state index is 0. The summed E-state index contributed by atoms with van der Waals surface area (Å²) in [5.74, 6) is 0.379. The lowest BCUT2D eigenvalue weighted by Gasteiger charge is -2.15. The van der Waals surface area contributed by atoms with Crippen molar-refractivity contribution in [1.29, 1.82) is 0 Å². The number of hydrogen-bond donors (Lipinski definition) is 1. The fraction of sp³-hybridized carbons (Fsp3) is 0.500. The van der Waals surface area contributed by atoms with Gasteiger partial charge >= 0.3 is 6.36 Å². The number of hydrogen-bond acceptors (Lipinski definition) is 2. The average molecular weight is 361 g/mol. The third-order valence-electron chi connectivity index (χ3n) is 2.84. The van der Waals surface area contributed by atoms with E-state index in [1.807, 2.05) is 0 Å². The molecule has 0 heterocycles. The summed E-state index contributed by atoms with van der Waals surface area (Å²) in [5.41, 5.74) is 6.64. The molecular weight excluding hydrogens is 346 g/mol. The van der Waals surface area contributed by atoms with Gasteiger partial charge in [0.2, 0.25) is 0 Å². The van der Waals surface area contributed by atoms with Gasteiger partial charge in [-0.2, -0.15) is 0 Å². The van der Waals surface area contributed by atoms with Crippen molar-refractivity contribution >= 4 is 28.3 Å². The zero-order chi connectivity index (χ0) is 13.3. The van der Waals surface area contributed by atoms with Crippen LogP contribution in [0.15, 0.2) is 22.7 Å². The van der Waals surface area contributed by atoms with Gasteiger partial charge in [-0.1, -0.05) is 28.8 Å². The lowest BCUT2D eigenvalue weighted by molar-refractivity contribution is -0.274. The molecule has 1 fully saturated rings. The quantitative estimate of drug-likeness (QED) is 0.853. The van der Waals surface area contributed by atoms with Crippen LogP contribution in [0.1, 0.15) is 30.9 Å². The molecule has 19 heavy (non-hydrogen) atoms. The molecule has 0 saturated heterocycles. The summed E-state index contributed by atoms with van der Waals surface area (Å²) >= 11 is 3.17. The summed E-state index contributed by atoms with van der Waals surface area (Å²) in [7, 11) is 0. The second-order valence-corrected chi connectivity index (χ2v) is 5.47. The van der Waals surface area contributed by atoms with Gasteiger partial charge in [0.15, 0.2) is 0 Å². The minimum atomic E-state index is -4.68. The van der Waals surface area contributed by atoms with Crippen molar-refractivity contribution in [3.05, 3.63) is 28.2 Å². The van der Waals surface area contributed by atoms with Gasteiger partial charge in [-0.3, -0.25) is 0 Å². The highest BCUT2D eigenvalue weighted by Gasteiger charge is 2.31. The zero-order valence-corrected chi connectivity index (χ0v) is 12.3. The van der Waals surface area contributed by atoms with Crippen LogP contribution in [0, 0.1) is 5.92 Å². The average Bonchev–Trinajstić information content (AvgIpc) is 2.97. The van der Waals surface area contributed by atoms with Crippen molar-refractivity contribution in [1.82, 2.24) is 0 Å². The maximum atomic E-state index is 12.2. The zero-order valence-electron chi connectivity index (χ0n) is 9.91. The summed E-state index contributed by atoms with van der Waals surface area (Å²) in [6.07, 6.45) is -1.55. The molecule has 7 heteroatoms. The summed E-state index contributed by atoms with van der Waals surface area (Å²) < 4.78 is 40.9. The summed E-state index contributed by atoms with van der Waals surface area (Å²) in [4.78, 5) is 0. The number of nitrogens with two attached hydrogens (primary N) is 1. The van der Waals surface area contributed by atoms with E-state index in [1.165, 1.54) is 12.1 Å². The lowest BCUT2D eigenvalue weighted by atomic mass is 10.0. The lowest BCUT2D eigenvalue weighted by Crippen LogP contribution is -2.18. The van der Waals surface area contributed by atoms with E-state index >= 15 is 0 Å². The molecule has 108 valence electrons. The standard InChI is InChI=1S/C12H13BrF3NO.ClH/c13-9-4-8(11(17)3-7-1-2-7)5-10(6-9)18-12(14,15)16;/h4-7,11H,1-3,17H2;1H/t11-;/m1./s1. The van der Waals surface area contributed by atoms with Crippen molar-refractivity contribution in [2.45, 2.75) is 31.7 Å². The number of alkyl halides is 3. The first-order valence-corrected chi connectivity index (χ1v) is 6.44. The Balaban J connectivity index is 0.00000180. The Morgan fingerprint density at radius 1 is 1.32 bits per heavy atom. The SMILES string of the molecule is Cl.N[C@H](CC1CC1)c1cc(Br)cc(OC(F)(F)F)c1. The minimum Gasteiger partial charge on any atom is -0.406 e. The molecule has 2 N–H and O–H groups in total. The van der Waals surface area contributed by atoms with Gasteiger partial charge in [-0.15, -0.1) is 25.6 Å². The van der Waals surface area contributed by atoms with Crippen LogP contribution in [0.2, 0.25) is 0 Å². The third-order valence-corrected chi connectivity index (χ3v) is 3.30.